The van der Waals surface area contributed by atoms with Crippen molar-refractivity contribution in [2.45, 2.75) is 18.7 Å². The van der Waals surface area contributed by atoms with Gasteiger partial charge in [-0.15, -0.1) is 11.8 Å². The second kappa shape index (κ2) is 9.62. The van der Waals surface area contributed by atoms with Crippen LogP contribution in [0.3, 0.4) is 0 Å². The van der Waals surface area contributed by atoms with Gasteiger partial charge in [0.2, 0.25) is 5.78 Å². The molecule has 0 bridgehead atoms. The van der Waals surface area contributed by atoms with Crippen molar-refractivity contribution in [1.82, 2.24) is 4.90 Å². The summed E-state index contributed by atoms with van der Waals surface area (Å²) in [6, 6.07) is 7.42. The molecule has 136 valence electrons. The number of hydrogen-bond acceptors (Lipinski definition) is 7. The molecule has 0 spiro atoms. The van der Waals surface area contributed by atoms with Crippen molar-refractivity contribution in [3.63, 3.8) is 0 Å². The molecule has 1 aliphatic rings. The van der Waals surface area contributed by atoms with Crippen molar-refractivity contribution >= 4 is 40.7 Å². The van der Waals surface area contributed by atoms with Gasteiger partial charge in [0.25, 0.3) is 0 Å². The number of nitrogens with zero attached hydrogens (tertiary/aromatic N) is 1. The van der Waals surface area contributed by atoms with Crippen molar-refractivity contribution in [3.8, 4) is 11.5 Å². The molecule has 2 rings (SSSR count). The van der Waals surface area contributed by atoms with Gasteiger partial charge in [-0.3, -0.25) is 4.79 Å². The zero-order valence-electron chi connectivity index (χ0n) is 14.2. The number of Topliss-reactive ketones (excluding diaryl/α,β-unsaturated/α-hetero) is 1. The van der Waals surface area contributed by atoms with Crippen LogP contribution in [0.25, 0.3) is 0 Å². The van der Waals surface area contributed by atoms with Gasteiger partial charge in [0.1, 0.15) is 12.0 Å². The number of thioether (sulfide) groups is 1. The lowest BCUT2D eigenvalue weighted by atomic mass is 10.2. The maximum absolute atomic E-state index is 11.8. The maximum Gasteiger partial charge on any atom is 0.375 e. The van der Waals surface area contributed by atoms with Crippen LogP contribution in [0.4, 0.5) is 0 Å². The third-order valence-electron chi connectivity index (χ3n) is 3.58. The average molecular weight is 383 g/mol. The number of esters is 1. The fraction of sp³-hybridized carbons (Fsp3) is 0.471. The zero-order chi connectivity index (χ0) is 18.2. The van der Waals surface area contributed by atoms with Gasteiger partial charge in [0, 0.05) is 12.3 Å². The van der Waals surface area contributed by atoms with Gasteiger partial charge in [0.05, 0.1) is 25.1 Å². The summed E-state index contributed by atoms with van der Waals surface area (Å²) in [6.45, 7) is 2.95. The van der Waals surface area contributed by atoms with E-state index in [9.17, 15) is 9.59 Å². The van der Waals surface area contributed by atoms with Crippen LogP contribution in [0.2, 0.25) is 0 Å². The second-order valence-corrected chi connectivity index (χ2v) is 6.95. The predicted octanol–water partition coefficient (Wildman–Crippen LogP) is 2.30. The summed E-state index contributed by atoms with van der Waals surface area (Å²) < 4.78 is 15.8. The molecule has 0 aromatic heterocycles. The quantitative estimate of drug-likeness (QED) is 0.385. The smallest absolute Gasteiger partial charge is 0.375 e. The number of ether oxygens (including phenoxy) is 3. The molecular formula is C17H21NO5S2. The van der Waals surface area contributed by atoms with Crippen LogP contribution in [-0.2, 0) is 14.3 Å². The number of carbonyl (C=O) groups is 2. The molecule has 0 saturated carbocycles. The third kappa shape index (κ3) is 5.34. The van der Waals surface area contributed by atoms with Crippen LogP contribution in [0.5, 0.6) is 11.5 Å². The fourth-order valence-electron chi connectivity index (χ4n) is 2.37. The highest BCUT2D eigenvalue weighted by Gasteiger charge is 2.30. The van der Waals surface area contributed by atoms with Gasteiger partial charge in [-0.2, -0.15) is 0 Å². The predicted molar refractivity (Wildman–Crippen MR) is 100 cm³/mol. The monoisotopic (exact) mass is 383 g/mol. The molecule has 8 heteroatoms. The van der Waals surface area contributed by atoms with Crippen molar-refractivity contribution in [2.75, 3.05) is 32.6 Å². The molecule has 0 aliphatic carbocycles. The highest BCUT2D eigenvalue weighted by molar-refractivity contribution is 8.00. The first-order valence-electron chi connectivity index (χ1n) is 7.93. The molecule has 1 aromatic rings. The Morgan fingerprint density at radius 2 is 2.04 bits per heavy atom. The lowest BCUT2D eigenvalue weighted by Crippen LogP contribution is -2.39. The van der Waals surface area contributed by atoms with Gasteiger partial charge in [-0.25, -0.2) is 4.79 Å². The van der Waals surface area contributed by atoms with E-state index in [1.165, 1.54) is 0 Å². The molecule has 6 nitrogen and oxygen atoms in total. The molecule has 1 atom stereocenters. The highest BCUT2D eigenvalue weighted by atomic mass is 32.2. The number of hydrogen-bond donors (Lipinski definition) is 0. The molecule has 0 N–H and O–H groups in total. The minimum atomic E-state index is -0.835. The van der Waals surface area contributed by atoms with E-state index in [1.807, 2.05) is 29.2 Å². The molecule has 1 aliphatic heterocycles. The number of methoxy groups -OCH3 is 1. The normalized spacial score (nSPS) is 16.4. The molecule has 0 radical (unpaired) electrons. The average Bonchev–Trinajstić information content (AvgIpc) is 3.09. The van der Waals surface area contributed by atoms with Gasteiger partial charge in [0.15, 0.2) is 11.5 Å². The molecule has 1 fully saturated rings. The van der Waals surface area contributed by atoms with E-state index in [0.717, 1.165) is 12.3 Å². The topological polar surface area (TPSA) is 65.1 Å². The molecule has 1 heterocycles. The van der Waals surface area contributed by atoms with Crippen LogP contribution in [0, 0.1) is 0 Å². The van der Waals surface area contributed by atoms with Crippen LogP contribution in [0.15, 0.2) is 24.3 Å². The van der Waals surface area contributed by atoms with E-state index in [1.54, 1.807) is 25.8 Å². The molecule has 1 aromatic carbocycles. The first kappa shape index (κ1) is 19.5. The lowest BCUT2D eigenvalue weighted by Gasteiger charge is -2.26. The van der Waals surface area contributed by atoms with Crippen LogP contribution in [0.1, 0.15) is 13.3 Å². The minimum absolute atomic E-state index is 0.00703. The van der Waals surface area contributed by atoms with Crippen LogP contribution in [-0.4, -0.2) is 59.6 Å². The summed E-state index contributed by atoms with van der Waals surface area (Å²) in [7, 11) is 1.59. The summed E-state index contributed by atoms with van der Waals surface area (Å²) in [6.07, 6.45) is -0.111. The number of rotatable bonds is 8. The van der Waals surface area contributed by atoms with Crippen molar-refractivity contribution < 1.29 is 23.8 Å². The molecule has 1 saturated heterocycles. The lowest BCUT2D eigenvalue weighted by molar-refractivity contribution is -0.153. The summed E-state index contributed by atoms with van der Waals surface area (Å²) in [5, 5.41) is -0.00703. The van der Waals surface area contributed by atoms with Gasteiger partial charge in [-0.1, -0.05) is 24.4 Å². The fourth-order valence-corrected chi connectivity index (χ4v) is 3.93. The number of benzene rings is 1. The first-order chi connectivity index (χ1) is 12.1. The number of ketones is 1. The zero-order valence-corrected chi connectivity index (χ0v) is 15.9. The van der Waals surface area contributed by atoms with Crippen molar-refractivity contribution in [2.24, 2.45) is 0 Å². The molecular weight excluding hydrogens is 362 g/mol. The Balaban J connectivity index is 1.92. The van der Waals surface area contributed by atoms with Crippen LogP contribution >= 0.6 is 24.0 Å². The Bertz CT molecular complexity index is 637. The van der Waals surface area contributed by atoms with E-state index in [-0.39, 0.29) is 18.4 Å². The number of thiocarbonyl (C=S) groups is 1. The van der Waals surface area contributed by atoms with E-state index in [2.05, 4.69) is 0 Å². The van der Waals surface area contributed by atoms with E-state index in [4.69, 9.17) is 26.4 Å². The largest absolute Gasteiger partial charge is 0.493 e. The highest BCUT2D eigenvalue weighted by Crippen LogP contribution is 2.29. The third-order valence-corrected chi connectivity index (χ3v) is 5.15. The minimum Gasteiger partial charge on any atom is -0.493 e. The summed E-state index contributed by atoms with van der Waals surface area (Å²) in [5.41, 5.74) is 0. The first-order valence-corrected chi connectivity index (χ1v) is 9.39. The number of para-hydroxylation sites is 2. The second-order valence-electron chi connectivity index (χ2n) is 5.19. The molecule has 1 unspecified atom stereocenters. The Morgan fingerprint density at radius 3 is 2.72 bits per heavy atom. The van der Waals surface area contributed by atoms with Gasteiger partial charge in [-0.05, 0) is 19.1 Å². The molecule has 25 heavy (non-hydrogen) atoms. The van der Waals surface area contributed by atoms with E-state index in [0.29, 0.717) is 23.1 Å². The van der Waals surface area contributed by atoms with Gasteiger partial charge >= 0.3 is 5.97 Å². The van der Waals surface area contributed by atoms with E-state index < -0.39 is 11.8 Å². The summed E-state index contributed by atoms with van der Waals surface area (Å²) >= 11 is 7.06. The van der Waals surface area contributed by atoms with Crippen molar-refractivity contribution in [3.05, 3.63) is 24.3 Å². The summed E-state index contributed by atoms with van der Waals surface area (Å²) in [5.74, 6) is 0.753. The summed E-state index contributed by atoms with van der Waals surface area (Å²) in [4.78, 5) is 25.7. The number of carbonyl (C=O) groups excluding carboxylic acids is 2. The van der Waals surface area contributed by atoms with E-state index >= 15 is 0 Å². The van der Waals surface area contributed by atoms with Gasteiger partial charge < -0.3 is 19.1 Å². The Labute approximate surface area is 156 Å². The molecule has 0 amide bonds. The van der Waals surface area contributed by atoms with Crippen LogP contribution < -0.4 is 9.47 Å². The Kier molecular flexibility index (Phi) is 7.52. The Morgan fingerprint density at radius 1 is 1.32 bits per heavy atom. The maximum atomic E-state index is 11.8. The standard InChI is InChI=1S/C17H21NO5S2/c1-3-22-17(20)12(19)10-15(24)18-8-9-25-16(18)11-23-14-7-5-4-6-13(14)21-2/h4-7,16H,3,8-11H2,1-2H3. The SMILES string of the molecule is CCOC(=O)C(=O)CC(=S)N1CCSC1COc1ccccc1OC. The Hall–Kier alpha value is -1.80. The van der Waals surface area contributed by atoms with Crippen molar-refractivity contribution in [1.29, 1.82) is 0 Å².